The van der Waals surface area contributed by atoms with Crippen molar-refractivity contribution in [2.45, 2.75) is 18.9 Å². The van der Waals surface area contributed by atoms with Gasteiger partial charge >= 0.3 is 0 Å². The van der Waals surface area contributed by atoms with Crippen LogP contribution in [0.4, 0.5) is 5.69 Å². The number of Topliss-reactive ketones (excluding diaryl/α,β-unsaturated/α-hetero) is 2. The Balaban J connectivity index is 1.59. The van der Waals surface area contributed by atoms with Gasteiger partial charge in [-0.1, -0.05) is 24.6 Å². The number of aromatic nitrogens is 4. The van der Waals surface area contributed by atoms with Gasteiger partial charge in [0.25, 0.3) is 0 Å². The van der Waals surface area contributed by atoms with Crippen molar-refractivity contribution in [2.75, 3.05) is 14.2 Å². The van der Waals surface area contributed by atoms with E-state index in [9.17, 15) is 14.7 Å². The van der Waals surface area contributed by atoms with Gasteiger partial charge in [0.15, 0.2) is 17.3 Å². The van der Waals surface area contributed by atoms with E-state index >= 15 is 0 Å². The highest BCUT2D eigenvalue weighted by Crippen LogP contribution is 2.54. The van der Waals surface area contributed by atoms with Gasteiger partial charge in [-0.15, -0.1) is 5.10 Å². The molecule has 0 saturated heterocycles. The second-order valence-corrected chi connectivity index (χ2v) is 8.67. The lowest BCUT2D eigenvalue weighted by Gasteiger charge is -2.36. The molecule has 2 aliphatic rings. The molecule has 2 heterocycles. The second-order valence-electron chi connectivity index (χ2n) is 8.29. The molecule has 2 aromatic carbocycles. The lowest BCUT2D eigenvalue weighted by Crippen LogP contribution is -2.52. The van der Waals surface area contributed by atoms with E-state index in [1.807, 2.05) is 0 Å². The van der Waals surface area contributed by atoms with E-state index in [-0.39, 0.29) is 45.6 Å². The molecule has 11 nitrogen and oxygen atoms in total. The van der Waals surface area contributed by atoms with Crippen molar-refractivity contribution < 1.29 is 28.9 Å². The lowest BCUT2D eigenvalue weighted by atomic mass is 9.73. The average Bonchev–Trinajstić information content (AvgIpc) is 3.52. The molecule has 0 saturated carbocycles. The van der Waals surface area contributed by atoms with Crippen LogP contribution >= 0.6 is 11.6 Å². The summed E-state index contributed by atoms with van der Waals surface area (Å²) in [5, 5.41) is 22.4. The smallest absolute Gasteiger partial charge is 0.231 e. The summed E-state index contributed by atoms with van der Waals surface area (Å²) < 4.78 is 18.2. The van der Waals surface area contributed by atoms with Crippen LogP contribution in [0.5, 0.6) is 17.2 Å². The van der Waals surface area contributed by atoms with Gasteiger partial charge in [0.1, 0.15) is 28.4 Å². The molecule has 0 unspecified atom stereocenters. The molecule has 0 radical (unpaired) electrons. The van der Waals surface area contributed by atoms with Gasteiger partial charge in [0, 0.05) is 24.6 Å². The molecule has 184 valence electrons. The summed E-state index contributed by atoms with van der Waals surface area (Å²) in [5.41, 5.74) is -0.811. The Hall–Kier alpha value is -4.25. The van der Waals surface area contributed by atoms with Crippen LogP contribution in [0, 0.1) is 5.92 Å². The lowest BCUT2D eigenvalue weighted by molar-refractivity contribution is -0.118. The summed E-state index contributed by atoms with van der Waals surface area (Å²) in [5.74, 6) is -1.74. The fourth-order valence-corrected chi connectivity index (χ4v) is 4.71. The number of carbonyl (C=O) groups is 2. The molecule has 0 amide bonds. The summed E-state index contributed by atoms with van der Waals surface area (Å²) >= 11 is 6.45. The van der Waals surface area contributed by atoms with E-state index in [0.717, 1.165) is 0 Å². The molecule has 3 aromatic rings. The Morgan fingerprint density at radius 1 is 1.25 bits per heavy atom. The number of halogens is 1. The van der Waals surface area contributed by atoms with Gasteiger partial charge in [-0.05, 0) is 28.6 Å². The molecule has 0 bridgehead atoms. The first-order valence-electron chi connectivity index (χ1n) is 10.8. The summed E-state index contributed by atoms with van der Waals surface area (Å²) in [7, 11) is 2.81. The monoisotopic (exact) mass is 509 g/mol. The normalized spacial score (nSPS) is 21.3. The number of rotatable bonds is 5. The van der Waals surface area contributed by atoms with Gasteiger partial charge in [0.2, 0.25) is 11.4 Å². The zero-order valence-electron chi connectivity index (χ0n) is 19.4. The number of fused-ring (bicyclic) bond motifs is 1. The summed E-state index contributed by atoms with van der Waals surface area (Å²) in [6, 6.07) is 8.40. The van der Waals surface area contributed by atoms with Gasteiger partial charge < -0.3 is 19.3 Å². The first-order chi connectivity index (χ1) is 17.3. The first kappa shape index (κ1) is 23.5. The largest absolute Gasteiger partial charge is 0.507 e. The number of benzene rings is 2. The van der Waals surface area contributed by atoms with Crippen molar-refractivity contribution in [3.05, 3.63) is 58.6 Å². The number of hydrogen-bond donors (Lipinski definition) is 1. The standard InChI is InChI=1S/C24H20ClN5O6/c1-12-7-16(31)15(10-26-13-5-4-6-14(8-13)30-11-27-28-29-30)22(32)24(12)23(33)19-17(34-2)9-18(35-3)20(25)21(19)36-24/h4-6,8-12,32H,7H2,1-3H3/t12-,24+/m1/s1. The van der Waals surface area contributed by atoms with Crippen LogP contribution in [0.2, 0.25) is 5.02 Å². The third-order valence-electron chi connectivity index (χ3n) is 6.30. The maximum Gasteiger partial charge on any atom is 0.231 e. The highest BCUT2D eigenvalue weighted by Gasteiger charge is 2.60. The minimum Gasteiger partial charge on any atom is -0.507 e. The molecule has 1 spiro atoms. The molecule has 1 N–H and O–H groups in total. The first-order valence-corrected chi connectivity index (χ1v) is 11.2. The van der Waals surface area contributed by atoms with Crippen LogP contribution in [0.1, 0.15) is 23.7 Å². The quantitative estimate of drug-likeness (QED) is 0.512. The van der Waals surface area contributed by atoms with Gasteiger partial charge in [-0.3, -0.25) is 14.6 Å². The molecule has 1 aliphatic heterocycles. The minimum absolute atomic E-state index is 0.0241. The van der Waals surface area contributed by atoms with Crippen molar-refractivity contribution in [1.29, 1.82) is 0 Å². The topological polar surface area (TPSA) is 138 Å². The number of aliphatic hydroxyl groups excluding tert-OH is 1. The molecule has 36 heavy (non-hydrogen) atoms. The van der Waals surface area contributed by atoms with Gasteiger partial charge in [0.05, 0.1) is 31.2 Å². The maximum absolute atomic E-state index is 13.8. The fourth-order valence-electron chi connectivity index (χ4n) is 4.45. The molecule has 5 rings (SSSR count). The minimum atomic E-state index is -1.87. The third-order valence-corrected chi connectivity index (χ3v) is 6.66. The van der Waals surface area contributed by atoms with E-state index in [1.54, 1.807) is 31.2 Å². The van der Waals surface area contributed by atoms with Crippen LogP contribution in [0.15, 0.2) is 53.0 Å². The molecule has 0 fully saturated rings. The van der Waals surface area contributed by atoms with Crippen molar-refractivity contribution >= 4 is 35.1 Å². The van der Waals surface area contributed by atoms with E-state index in [1.165, 1.54) is 37.5 Å². The molecule has 12 heteroatoms. The fraction of sp³-hybridized carbons (Fsp3) is 0.250. The predicted octanol–water partition coefficient (Wildman–Crippen LogP) is 3.47. The Bertz CT molecular complexity index is 1450. The van der Waals surface area contributed by atoms with Crippen molar-refractivity contribution in [2.24, 2.45) is 10.9 Å². The zero-order valence-corrected chi connectivity index (χ0v) is 20.2. The average molecular weight is 510 g/mol. The van der Waals surface area contributed by atoms with Crippen LogP contribution in [0.25, 0.3) is 5.69 Å². The van der Waals surface area contributed by atoms with E-state index in [2.05, 4.69) is 20.5 Å². The summed E-state index contributed by atoms with van der Waals surface area (Å²) in [6.07, 6.45) is 2.60. The number of ketones is 2. The summed E-state index contributed by atoms with van der Waals surface area (Å²) in [4.78, 5) is 31.0. The number of aliphatic hydroxyl groups is 1. The number of methoxy groups -OCH3 is 2. The highest BCUT2D eigenvalue weighted by atomic mass is 35.5. The maximum atomic E-state index is 13.8. The molecular formula is C24H20ClN5O6. The van der Waals surface area contributed by atoms with Crippen LogP contribution in [0.3, 0.4) is 0 Å². The number of hydrogen-bond acceptors (Lipinski definition) is 10. The highest BCUT2D eigenvalue weighted by molar-refractivity contribution is 6.35. The third kappa shape index (κ3) is 3.42. The van der Waals surface area contributed by atoms with Gasteiger partial charge in [-0.2, -0.15) is 0 Å². The second kappa shape index (κ2) is 8.76. The Morgan fingerprint density at radius 3 is 2.72 bits per heavy atom. The Labute approximate surface area is 209 Å². The van der Waals surface area contributed by atoms with Crippen molar-refractivity contribution in [1.82, 2.24) is 20.2 Å². The molecule has 1 aromatic heterocycles. The SMILES string of the molecule is COc1cc(OC)c2c(c1Cl)O[C@]1(C2=O)C(O)=C(C=Nc2cccc(-n3cnnn3)c2)C(=O)C[C@H]1C. The van der Waals surface area contributed by atoms with E-state index in [0.29, 0.717) is 11.4 Å². The zero-order chi connectivity index (χ0) is 25.6. The van der Waals surface area contributed by atoms with E-state index in [4.69, 9.17) is 25.8 Å². The number of tetrazole rings is 1. The van der Waals surface area contributed by atoms with Crippen LogP contribution in [-0.4, -0.2) is 62.9 Å². The molecule has 2 atom stereocenters. The van der Waals surface area contributed by atoms with Gasteiger partial charge in [-0.25, -0.2) is 4.68 Å². The number of ether oxygens (including phenoxy) is 3. The number of aliphatic imine (C=N–C) groups is 1. The molecular weight excluding hydrogens is 490 g/mol. The van der Waals surface area contributed by atoms with E-state index < -0.39 is 23.1 Å². The summed E-state index contributed by atoms with van der Waals surface area (Å²) in [6.45, 7) is 1.65. The predicted molar refractivity (Wildman–Crippen MR) is 128 cm³/mol. The number of nitrogens with zero attached hydrogens (tertiary/aromatic N) is 5. The Morgan fingerprint density at radius 2 is 2.03 bits per heavy atom. The van der Waals surface area contributed by atoms with Crippen LogP contribution in [-0.2, 0) is 4.79 Å². The number of allylic oxidation sites excluding steroid dienone is 1. The van der Waals surface area contributed by atoms with Crippen molar-refractivity contribution in [3.63, 3.8) is 0 Å². The van der Waals surface area contributed by atoms with Crippen LogP contribution < -0.4 is 14.2 Å². The van der Waals surface area contributed by atoms with Crippen molar-refractivity contribution in [3.8, 4) is 22.9 Å². The number of carbonyl (C=O) groups excluding carboxylic acids is 2. The molecule has 1 aliphatic carbocycles. The Kier molecular flexibility index (Phi) is 5.71.